The third-order valence-electron chi connectivity index (χ3n) is 1.25. The summed E-state index contributed by atoms with van der Waals surface area (Å²) in [5, 5.41) is 8.96. The fraction of sp³-hybridized carbons (Fsp3) is 0.167. The molecule has 0 bridgehead atoms. The van der Waals surface area contributed by atoms with E-state index in [0.717, 1.165) is 12.3 Å². The van der Waals surface area contributed by atoms with Crippen LogP contribution in [0.4, 0.5) is 0 Å². The van der Waals surface area contributed by atoms with E-state index in [4.69, 9.17) is 10.8 Å². The van der Waals surface area contributed by atoms with Gasteiger partial charge in [0.1, 0.15) is 11.7 Å². The number of aliphatic imine (C=N–C) groups is 1. The molecule has 1 heterocycles. The lowest BCUT2D eigenvalue weighted by Crippen LogP contribution is -2.28. The molecule has 1 rings (SSSR count). The summed E-state index contributed by atoms with van der Waals surface area (Å²) in [7, 11) is 0. The Morgan fingerprint density at radius 1 is 1.73 bits per heavy atom. The standard InChI is InChI=1S/C6H6N2O3/c7-6(11)3-2-8-5(10)1-4(3)9/h1-3,9H,(H2,7,11). The number of rotatable bonds is 1. The molecule has 1 aliphatic heterocycles. The molecule has 0 spiro atoms. The van der Waals surface area contributed by atoms with Gasteiger partial charge in [0.25, 0.3) is 5.91 Å². The lowest BCUT2D eigenvalue weighted by atomic mass is 10.1. The molecule has 0 saturated carbocycles. The van der Waals surface area contributed by atoms with E-state index in [9.17, 15) is 9.59 Å². The maximum atomic E-state index is 10.5. The number of hydrogen-bond acceptors (Lipinski definition) is 3. The minimum atomic E-state index is -0.951. The van der Waals surface area contributed by atoms with Crippen molar-refractivity contribution in [1.82, 2.24) is 0 Å². The van der Waals surface area contributed by atoms with E-state index < -0.39 is 17.7 Å². The fourth-order valence-electron chi connectivity index (χ4n) is 0.697. The third-order valence-corrected chi connectivity index (χ3v) is 1.25. The van der Waals surface area contributed by atoms with Gasteiger partial charge in [0.15, 0.2) is 0 Å². The van der Waals surface area contributed by atoms with Gasteiger partial charge in [0.05, 0.1) is 0 Å². The number of carbonyl (C=O) groups is 2. The molecule has 5 heteroatoms. The molecule has 0 aliphatic carbocycles. The minimum Gasteiger partial charge on any atom is -0.511 e. The van der Waals surface area contributed by atoms with Crippen molar-refractivity contribution in [3.05, 3.63) is 11.8 Å². The number of aliphatic hydroxyl groups is 1. The van der Waals surface area contributed by atoms with E-state index in [0.29, 0.717) is 0 Å². The molecule has 58 valence electrons. The Balaban J connectivity index is 2.88. The van der Waals surface area contributed by atoms with Gasteiger partial charge in [-0.25, -0.2) is 4.99 Å². The van der Waals surface area contributed by atoms with Gasteiger partial charge in [0.2, 0.25) is 5.91 Å². The molecule has 5 nitrogen and oxygen atoms in total. The molecule has 0 aromatic heterocycles. The van der Waals surface area contributed by atoms with Gasteiger partial charge in [-0.1, -0.05) is 0 Å². The molecule has 1 unspecified atom stereocenters. The summed E-state index contributed by atoms with van der Waals surface area (Å²) in [6.07, 6.45) is 1.90. The van der Waals surface area contributed by atoms with Crippen LogP contribution in [-0.4, -0.2) is 23.1 Å². The molecule has 11 heavy (non-hydrogen) atoms. The van der Waals surface area contributed by atoms with Crippen molar-refractivity contribution in [3.63, 3.8) is 0 Å². The van der Waals surface area contributed by atoms with Crippen molar-refractivity contribution in [3.8, 4) is 0 Å². The molecule has 0 aromatic rings. The van der Waals surface area contributed by atoms with Crippen LogP contribution in [0.5, 0.6) is 0 Å². The summed E-state index contributed by atoms with van der Waals surface area (Å²) < 4.78 is 0. The van der Waals surface area contributed by atoms with Gasteiger partial charge < -0.3 is 10.8 Å². The number of carbonyl (C=O) groups excluding carboxylic acids is 2. The molecular weight excluding hydrogens is 148 g/mol. The van der Waals surface area contributed by atoms with E-state index >= 15 is 0 Å². The van der Waals surface area contributed by atoms with Gasteiger partial charge in [-0.2, -0.15) is 0 Å². The van der Waals surface area contributed by atoms with E-state index in [2.05, 4.69) is 4.99 Å². The van der Waals surface area contributed by atoms with Crippen molar-refractivity contribution < 1.29 is 14.7 Å². The predicted octanol–water partition coefficient (Wildman–Crippen LogP) is -0.859. The highest BCUT2D eigenvalue weighted by Crippen LogP contribution is 2.09. The van der Waals surface area contributed by atoms with Crippen LogP contribution in [0.3, 0.4) is 0 Å². The Morgan fingerprint density at radius 2 is 2.36 bits per heavy atom. The van der Waals surface area contributed by atoms with E-state index in [-0.39, 0.29) is 5.76 Å². The van der Waals surface area contributed by atoms with Gasteiger partial charge in [-0.05, 0) is 0 Å². The second-order valence-electron chi connectivity index (χ2n) is 2.07. The van der Waals surface area contributed by atoms with E-state index in [1.54, 1.807) is 0 Å². The topological polar surface area (TPSA) is 92.8 Å². The third kappa shape index (κ3) is 1.43. The van der Waals surface area contributed by atoms with Crippen LogP contribution in [-0.2, 0) is 9.59 Å². The highest BCUT2D eigenvalue weighted by Gasteiger charge is 2.21. The quantitative estimate of drug-likeness (QED) is 0.514. The molecule has 0 saturated heterocycles. The van der Waals surface area contributed by atoms with Crippen LogP contribution < -0.4 is 5.73 Å². The summed E-state index contributed by atoms with van der Waals surface area (Å²) in [5.41, 5.74) is 4.86. The number of hydrogen-bond donors (Lipinski definition) is 2. The van der Waals surface area contributed by atoms with E-state index in [1.807, 2.05) is 0 Å². The molecule has 2 amide bonds. The predicted molar refractivity (Wildman–Crippen MR) is 36.9 cm³/mol. The maximum absolute atomic E-state index is 10.5. The Morgan fingerprint density at radius 3 is 2.82 bits per heavy atom. The van der Waals surface area contributed by atoms with Crippen LogP contribution in [0, 0.1) is 5.92 Å². The van der Waals surface area contributed by atoms with Crippen LogP contribution in [0.2, 0.25) is 0 Å². The molecule has 0 fully saturated rings. The Kier molecular flexibility index (Phi) is 1.72. The lowest BCUT2D eigenvalue weighted by Gasteiger charge is -2.08. The van der Waals surface area contributed by atoms with Crippen molar-refractivity contribution in [2.75, 3.05) is 0 Å². The Labute approximate surface area is 62.2 Å². The van der Waals surface area contributed by atoms with Gasteiger partial charge >= 0.3 is 0 Å². The van der Waals surface area contributed by atoms with Gasteiger partial charge in [0, 0.05) is 12.3 Å². The molecule has 0 radical (unpaired) electrons. The second-order valence-corrected chi connectivity index (χ2v) is 2.07. The largest absolute Gasteiger partial charge is 0.511 e. The molecule has 1 atom stereocenters. The zero-order valence-corrected chi connectivity index (χ0v) is 5.52. The average molecular weight is 154 g/mol. The zero-order valence-electron chi connectivity index (χ0n) is 5.52. The van der Waals surface area contributed by atoms with Crippen molar-refractivity contribution in [1.29, 1.82) is 0 Å². The van der Waals surface area contributed by atoms with Crippen molar-refractivity contribution >= 4 is 18.0 Å². The molecule has 3 N–H and O–H groups in total. The zero-order chi connectivity index (χ0) is 8.43. The summed E-state index contributed by atoms with van der Waals surface area (Å²) in [5.74, 6) is -2.61. The summed E-state index contributed by atoms with van der Waals surface area (Å²) in [6.45, 7) is 0. The second kappa shape index (κ2) is 2.53. The van der Waals surface area contributed by atoms with Gasteiger partial charge in [-0.15, -0.1) is 0 Å². The SMILES string of the molecule is NC(=O)C1C=NC(=O)C=C1O. The lowest BCUT2D eigenvalue weighted by molar-refractivity contribution is -0.119. The molecule has 1 aliphatic rings. The highest BCUT2D eigenvalue weighted by molar-refractivity contribution is 6.05. The Hall–Kier alpha value is -1.65. The normalized spacial score (nSPS) is 23.1. The number of dihydropyridines is 1. The van der Waals surface area contributed by atoms with Crippen molar-refractivity contribution in [2.45, 2.75) is 0 Å². The Bertz CT molecular complexity index is 267. The maximum Gasteiger partial charge on any atom is 0.272 e. The van der Waals surface area contributed by atoms with Crippen LogP contribution in [0.1, 0.15) is 0 Å². The first-order chi connectivity index (χ1) is 5.11. The first kappa shape index (κ1) is 7.46. The summed E-state index contributed by atoms with van der Waals surface area (Å²) >= 11 is 0. The van der Waals surface area contributed by atoms with E-state index in [1.165, 1.54) is 0 Å². The summed E-state index contributed by atoms with van der Waals surface area (Å²) in [4.78, 5) is 24.2. The first-order valence-corrected chi connectivity index (χ1v) is 2.89. The molecule has 0 aromatic carbocycles. The number of amides is 2. The highest BCUT2D eigenvalue weighted by atomic mass is 16.3. The number of nitrogens with two attached hydrogens (primary N) is 1. The molecular formula is C6H6N2O3. The summed E-state index contributed by atoms with van der Waals surface area (Å²) in [6, 6.07) is 0. The van der Waals surface area contributed by atoms with Crippen molar-refractivity contribution in [2.24, 2.45) is 16.6 Å². The number of primary amides is 1. The van der Waals surface area contributed by atoms with Gasteiger partial charge in [-0.3, -0.25) is 9.59 Å². The number of aliphatic hydroxyl groups excluding tert-OH is 1. The average Bonchev–Trinajstić information content (AvgIpc) is 1.85. The first-order valence-electron chi connectivity index (χ1n) is 2.89. The monoisotopic (exact) mass is 154 g/mol. The van der Waals surface area contributed by atoms with Crippen LogP contribution in [0.15, 0.2) is 16.8 Å². The minimum absolute atomic E-state index is 0.350. The number of nitrogens with zero attached hydrogens (tertiary/aromatic N) is 1. The fourth-order valence-corrected chi connectivity index (χ4v) is 0.697. The smallest absolute Gasteiger partial charge is 0.272 e. The van der Waals surface area contributed by atoms with Crippen LogP contribution >= 0.6 is 0 Å². The van der Waals surface area contributed by atoms with Crippen LogP contribution in [0.25, 0.3) is 0 Å².